The van der Waals surface area contributed by atoms with Crippen molar-refractivity contribution < 1.29 is 14.3 Å². The van der Waals surface area contributed by atoms with Crippen LogP contribution in [0.2, 0.25) is 0 Å². The van der Waals surface area contributed by atoms with Gasteiger partial charge >= 0.3 is 5.97 Å². The van der Waals surface area contributed by atoms with E-state index in [1.165, 1.54) is 24.0 Å². The van der Waals surface area contributed by atoms with E-state index in [2.05, 4.69) is 30.1 Å². The van der Waals surface area contributed by atoms with Crippen molar-refractivity contribution in [3.05, 3.63) is 65.2 Å². The van der Waals surface area contributed by atoms with Crippen LogP contribution in [0.1, 0.15) is 46.7 Å². The molecule has 0 aliphatic heterocycles. The van der Waals surface area contributed by atoms with Gasteiger partial charge < -0.3 is 14.4 Å². The molecule has 0 spiro atoms. The van der Waals surface area contributed by atoms with E-state index >= 15 is 0 Å². The third-order valence-electron chi connectivity index (χ3n) is 5.34. The first kappa shape index (κ1) is 19.4. The molecule has 27 heavy (non-hydrogen) atoms. The predicted molar refractivity (Wildman–Crippen MR) is 108 cm³/mol. The van der Waals surface area contributed by atoms with E-state index in [1.807, 2.05) is 18.2 Å². The number of hydrogen-bond donors (Lipinski definition) is 0. The van der Waals surface area contributed by atoms with Gasteiger partial charge in [-0.05, 0) is 80.6 Å². The fraction of sp³-hybridized carbons (Fsp3) is 0.435. The fourth-order valence-electron chi connectivity index (χ4n) is 3.74. The van der Waals surface area contributed by atoms with E-state index in [0.717, 1.165) is 31.7 Å². The Morgan fingerprint density at radius 3 is 2.74 bits per heavy atom. The lowest BCUT2D eigenvalue weighted by atomic mass is 9.97. The minimum Gasteiger partial charge on any atom is -0.497 e. The third kappa shape index (κ3) is 5.33. The smallest absolute Gasteiger partial charge is 0.338 e. The lowest BCUT2D eigenvalue weighted by Gasteiger charge is -2.20. The summed E-state index contributed by atoms with van der Waals surface area (Å²) in [7, 11) is 3.87. The first-order chi connectivity index (χ1) is 13.2. The molecule has 2 aromatic carbocycles. The second-order valence-electron chi connectivity index (χ2n) is 7.25. The maximum absolute atomic E-state index is 11.9. The molecule has 3 rings (SSSR count). The van der Waals surface area contributed by atoms with Crippen molar-refractivity contribution in [2.75, 3.05) is 33.9 Å². The molecule has 0 heterocycles. The Bertz CT molecular complexity index is 745. The standard InChI is InChI=1S/C23H29NO3/c1-24(14-6-16-27-23(25)20-7-4-3-5-8-20)15-13-19-10-9-18-11-12-21(26-2)17-22(18)19/h3-5,7-8,11-12,17,19H,6,9-10,13-16H2,1-2H3. The van der Waals surface area contributed by atoms with Crippen LogP contribution in [0.3, 0.4) is 0 Å². The van der Waals surface area contributed by atoms with Crippen LogP contribution in [0, 0.1) is 0 Å². The molecule has 4 nitrogen and oxygen atoms in total. The van der Waals surface area contributed by atoms with Gasteiger partial charge in [-0.3, -0.25) is 0 Å². The maximum atomic E-state index is 11.9. The molecule has 0 N–H and O–H groups in total. The molecule has 1 aliphatic rings. The predicted octanol–water partition coefficient (Wildman–Crippen LogP) is 4.29. The number of rotatable bonds is 9. The lowest BCUT2D eigenvalue weighted by Crippen LogP contribution is -2.23. The summed E-state index contributed by atoms with van der Waals surface area (Å²) in [5.74, 6) is 1.33. The zero-order valence-corrected chi connectivity index (χ0v) is 16.3. The number of methoxy groups -OCH3 is 1. The summed E-state index contributed by atoms with van der Waals surface area (Å²) in [4.78, 5) is 14.2. The third-order valence-corrected chi connectivity index (χ3v) is 5.34. The molecule has 0 amide bonds. The van der Waals surface area contributed by atoms with Crippen LogP contribution in [0.15, 0.2) is 48.5 Å². The number of esters is 1. The van der Waals surface area contributed by atoms with Crippen LogP contribution in [0.4, 0.5) is 0 Å². The summed E-state index contributed by atoms with van der Waals surface area (Å²) >= 11 is 0. The van der Waals surface area contributed by atoms with Crippen LogP contribution in [0.25, 0.3) is 0 Å². The highest BCUT2D eigenvalue weighted by molar-refractivity contribution is 5.89. The van der Waals surface area contributed by atoms with E-state index in [1.54, 1.807) is 19.2 Å². The zero-order valence-electron chi connectivity index (χ0n) is 16.3. The second kappa shape index (κ2) is 9.56. The van der Waals surface area contributed by atoms with Crippen molar-refractivity contribution in [3.8, 4) is 5.75 Å². The number of ether oxygens (including phenoxy) is 2. The largest absolute Gasteiger partial charge is 0.497 e. The van der Waals surface area contributed by atoms with E-state index in [4.69, 9.17) is 9.47 Å². The molecule has 0 saturated carbocycles. The number of fused-ring (bicyclic) bond motifs is 1. The molecule has 144 valence electrons. The van der Waals surface area contributed by atoms with Gasteiger partial charge in [0.2, 0.25) is 0 Å². The minimum absolute atomic E-state index is 0.241. The minimum atomic E-state index is -0.241. The number of carbonyl (C=O) groups is 1. The highest BCUT2D eigenvalue weighted by Gasteiger charge is 2.23. The van der Waals surface area contributed by atoms with Crippen molar-refractivity contribution in [2.45, 2.75) is 31.6 Å². The highest BCUT2D eigenvalue weighted by atomic mass is 16.5. The average Bonchev–Trinajstić information content (AvgIpc) is 3.12. The molecular formula is C23H29NO3. The SMILES string of the molecule is COc1ccc2c(c1)C(CCN(C)CCCOC(=O)c1ccccc1)CC2. The van der Waals surface area contributed by atoms with Crippen LogP contribution >= 0.6 is 0 Å². The topological polar surface area (TPSA) is 38.8 Å². The molecule has 0 fully saturated rings. The van der Waals surface area contributed by atoms with Gasteiger partial charge in [0.25, 0.3) is 0 Å². The van der Waals surface area contributed by atoms with Crippen LogP contribution in [0.5, 0.6) is 5.75 Å². The van der Waals surface area contributed by atoms with E-state index < -0.39 is 0 Å². The maximum Gasteiger partial charge on any atom is 0.338 e. The second-order valence-corrected chi connectivity index (χ2v) is 7.25. The summed E-state index contributed by atoms with van der Waals surface area (Å²) < 4.78 is 10.7. The van der Waals surface area contributed by atoms with Gasteiger partial charge in [0.05, 0.1) is 19.3 Å². The van der Waals surface area contributed by atoms with Crippen LogP contribution in [-0.2, 0) is 11.2 Å². The van der Waals surface area contributed by atoms with Gasteiger partial charge in [0, 0.05) is 6.54 Å². The summed E-state index contributed by atoms with van der Waals surface area (Å²) in [6.45, 7) is 2.44. The highest BCUT2D eigenvalue weighted by Crippen LogP contribution is 2.37. The van der Waals surface area contributed by atoms with E-state index in [0.29, 0.717) is 18.1 Å². The Labute approximate surface area is 162 Å². The Morgan fingerprint density at radius 1 is 1.15 bits per heavy atom. The number of benzene rings is 2. The average molecular weight is 367 g/mol. The van der Waals surface area contributed by atoms with Gasteiger partial charge in [-0.25, -0.2) is 4.79 Å². The molecule has 1 unspecified atom stereocenters. The van der Waals surface area contributed by atoms with Crippen LogP contribution < -0.4 is 4.74 Å². The summed E-state index contributed by atoms with van der Waals surface area (Å²) in [5, 5.41) is 0. The molecule has 0 saturated heterocycles. The van der Waals surface area contributed by atoms with Crippen molar-refractivity contribution in [1.29, 1.82) is 0 Å². The molecular weight excluding hydrogens is 338 g/mol. The molecule has 0 bridgehead atoms. The van der Waals surface area contributed by atoms with Gasteiger partial charge in [0.1, 0.15) is 5.75 Å². The molecule has 2 aromatic rings. The monoisotopic (exact) mass is 367 g/mol. The number of aryl methyl sites for hydroxylation is 1. The Kier molecular flexibility index (Phi) is 6.88. The van der Waals surface area contributed by atoms with E-state index in [9.17, 15) is 4.79 Å². The summed E-state index contributed by atoms with van der Waals surface area (Å²) in [6.07, 6.45) is 4.40. The van der Waals surface area contributed by atoms with Gasteiger partial charge in [-0.2, -0.15) is 0 Å². The molecule has 1 aliphatic carbocycles. The Morgan fingerprint density at radius 2 is 1.96 bits per heavy atom. The normalized spacial score (nSPS) is 15.6. The van der Waals surface area contributed by atoms with Crippen molar-refractivity contribution in [1.82, 2.24) is 4.90 Å². The quantitative estimate of drug-likeness (QED) is 0.489. The Balaban J connectivity index is 1.36. The first-order valence-corrected chi connectivity index (χ1v) is 9.75. The fourth-order valence-corrected chi connectivity index (χ4v) is 3.74. The number of nitrogens with zero attached hydrogens (tertiary/aromatic N) is 1. The molecule has 0 aromatic heterocycles. The molecule has 1 atom stereocenters. The first-order valence-electron chi connectivity index (χ1n) is 9.75. The molecule has 4 heteroatoms. The number of carbonyl (C=O) groups excluding carboxylic acids is 1. The van der Waals surface area contributed by atoms with Gasteiger partial charge in [0.15, 0.2) is 0 Å². The van der Waals surface area contributed by atoms with Crippen molar-refractivity contribution in [3.63, 3.8) is 0 Å². The van der Waals surface area contributed by atoms with Gasteiger partial charge in [-0.1, -0.05) is 24.3 Å². The zero-order chi connectivity index (χ0) is 19.1. The van der Waals surface area contributed by atoms with Crippen molar-refractivity contribution >= 4 is 5.97 Å². The van der Waals surface area contributed by atoms with E-state index in [-0.39, 0.29) is 5.97 Å². The lowest BCUT2D eigenvalue weighted by molar-refractivity contribution is 0.0491. The van der Waals surface area contributed by atoms with Gasteiger partial charge in [-0.15, -0.1) is 0 Å². The van der Waals surface area contributed by atoms with Crippen molar-refractivity contribution in [2.24, 2.45) is 0 Å². The van der Waals surface area contributed by atoms with Crippen LogP contribution in [-0.4, -0.2) is 44.7 Å². The summed E-state index contributed by atoms with van der Waals surface area (Å²) in [6, 6.07) is 15.6. The summed E-state index contributed by atoms with van der Waals surface area (Å²) in [5.41, 5.74) is 3.54. The number of hydrogen-bond acceptors (Lipinski definition) is 4. The molecule has 0 radical (unpaired) electrons. The Hall–Kier alpha value is -2.33.